The third-order valence-electron chi connectivity index (χ3n) is 4.16. The van der Waals surface area contributed by atoms with E-state index in [0.717, 1.165) is 28.2 Å². The number of hydrogen-bond acceptors (Lipinski definition) is 2. The van der Waals surface area contributed by atoms with Crippen LogP contribution in [0, 0.1) is 24.0 Å². The number of amides is 1. The number of hydrogen-bond donors (Lipinski definition) is 0. The van der Waals surface area contributed by atoms with Gasteiger partial charge in [0.25, 0.3) is 5.91 Å². The van der Waals surface area contributed by atoms with Gasteiger partial charge in [-0.1, -0.05) is 53.7 Å². The molecule has 0 aliphatic heterocycles. The lowest BCUT2D eigenvalue weighted by atomic mass is 10.0. The van der Waals surface area contributed by atoms with Gasteiger partial charge < -0.3 is 4.57 Å². The van der Waals surface area contributed by atoms with E-state index in [2.05, 4.69) is 10.9 Å². The van der Waals surface area contributed by atoms with Gasteiger partial charge in [0.2, 0.25) is 0 Å². The summed E-state index contributed by atoms with van der Waals surface area (Å²) in [5.74, 6) is 0.524. The molecule has 0 aliphatic rings. The van der Waals surface area contributed by atoms with Crippen molar-refractivity contribution in [3.63, 3.8) is 0 Å². The Morgan fingerprint density at radius 1 is 1.15 bits per heavy atom. The van der Waals surface area contributed by atoms with Crippen molar-refractivity contribution < 1.29 is 13.6 Å². The molecule has 3 aromatic carbocycles. The van der Waals surface area contributed by atoms with Crippen LogP contribution in [0.25, 0.3) is 21.0 Å². The molecule has 4 aromatic rings. The Kier molecular flexibility index (Phi) is 4.30. The number of rotatable bonds is 2. The molecule has 1 amide bonds. The second kappa shape index (κ2) is 6.78. The van der Waals surface area contributed by atoms with Crippen LogP contribution < -0.4 is 4.80 Å². The van der Waals surface area contributed by atoms with Crippen LogP contribution in [0.4, 0.5) is 8.78 Å². The number of nitrogens with zero attached hydrogens (tertiary/aromatic N) is 2. The topological polar surface area (TPSA) is 34.4 Å². The van der Waals surface area contributed by atoms with Gasteiger partial charge in [-0.2, -0.15) is 4.99 Å². The van der Waals surface area contributed by atoms with Crippen molar-refractivity contribution in [3.05, 3.63) is 76.6 Å². The molecule has 0 saturated heterocycles. The number of halogens is 2. The minimum atomic E-state index is -0.740. The maximum absolute atomic E-state index is 14.3. The molecule has 3 nitrogen and oxygen atoms in total. The standard InChI is InChI=1S/C21H12F2N2OS/c1-2-10-25-19-17(23)11-14(22)12-18(19)27-21(25)24-20(26)16-9-5-7-13-6-3-4-8-15(13)16/h1,3-9,11-12H,10H2. The summed E-state index contributed by atoms with van der Waals surface area (Å²) in [6.07, 6.45) is 5.39. The summed E-state index contributed by atoms with van der Waals surface area (Å²) in [6.45, 7) is 0.0181. The first kappa shape index (κ1) is 17.1. The Morgan fingerprint density at radius 3 is 2.74 bits per heavy atom. The third kappa shape index (κ3) is 3.03. The second-order valence-electron chi connectivity index (χ2n) is 5.85. The molecule has 1 aromatic heterocycles. The average Bonchev–Trinajstić information content (AvgIpc) is 2.98. The molecule has 0 radical (unpaired) electrons. The summed E-state index contributed by atoms with van der Waals surface area (Å²) in [7, 11) is 0. The first-order chi connectivity index (χ1) is 13.1. The normalized spacial score (nSPS) is 11.8. The van der Waals surface area contributed by atoms with Crippen LogP contribution in [0.1, 0.15) is 10.4 Å². The molecule has 27 heavy (non-hydrogen) atoms. The summed E-state index contributed by atoms with van der Waals surface area (Å²) in [5.41, 5.74) is 0.577. The van der Waals surface area contributed by atoms with E-state index in [4.69, 9.17) is 6.42 Å². The molecule has 132 valence electrons. The summed E-state index contributed by atoms with van der Waals surface area (Å²) in [5, 5.41) is 1.69. The quantitative estimate of drug-likeness (QED) is 0.473. The highest BCUT2D eigenvalue weighted by atomic mass is 32.1. The highest BCUT2D eigenvalue weighted by Gasteiger charge is 2.14. The van der Waals surface area contributed by atoms with Crippen molar-refractivity contribution in [2.45, 2.75) is 6.54 Å². The van der Waals surface area contributed by atoms with E-state index >= 15 is 0 Å². The van der Waals surface area contributed by atoms with Gasteiger partial charge in [-0.05, 0) is 22.9 Å². The Balaban J connectivity index is 1.94. The van der Waals surface area contributed by atoms with Gasteiger partial charge in [-0.3, -0.25) is 4.79 Å². The highest BCUT2D eigenvalue weighted by Crippen LogP contribution is 2.23. The Bertz CT molecular complexity index is 1310. The van der Waals surface area contributed by atoms with Crippen LogP contribution >= 0.6 is 11.3 Å². The minimum absolute atomic E-state index is 0.0181. The van der Waals surface area contributed by atoms with Crippen LogP contribution in [-0.4, -0.2) is 10.5 Å². The molecule has 0 unspecified atom stereocenters. The van der Waals surface area contributed by atoms with Gasteiger partial charge in [-0.15, -0.1) is 6.42 Å². The largest absolute Gasteiger partial charge is 0.302 e. The van der Waals surface area contributed by atoms with Gasteiger partial charge in [0.1, 0.15) is 5.82 Å². The second-order valence-corrected chi connectivity index (χ2v) is 6.86. The van der Waals surface area contributed by atoms with E-state index in [0.29, 0.717) is 10.3 Å². The lowest BCUT2D eigenvalue weighted by Crippen LogP contribution is -2.17. The fourth-order valence-electron chi connectivity index (χ4n) is 3.01. The van der Waals surface area contributed by atoms with Crippen LogP contribution in [0.5, 0.6) is 0 Å². The number of benzene rings is 3. The maximum atomic E-state index is 14.3. The van der Waals surface area contributed by atoms with Crippen molar-refractivity contribution >= 4 is 38.2 Å². The van der Waals surface area contributed by atoms with Crippen molar-refractivity contribution in [3.8, 4) is 12.3 Å². The highest BCUT2D eigenvalue weighted by molar-refractivity contribution is 7.16. The minimum Gasteiger partial charge on any atom is -0.302 e. The molecular formula is C21H12F2N2OS. The van der Waals surface area contributed by atoms with E-state index in [1.54, 1.807) is 12.1 Å². The zero-order valence-electron chi connectivity index (χ0n) is 13.9. The van der Waals surface area contributed by atoms with Gasteiger partial charge >= 0.3 is 0 Å². The zero-order valence-corrected chi connectivity index (χ0v) is 14.8. The number of thiazole rings is 1. The summed E-state index contributed by atoms with van der Waals surface area (Å²) >= 11 is 1.02. The molecule has 6 heteroatoms. The predicted octanol–water partition coefficient (Wildman–Crippen LogP) is 4.51. The Labute approximate surface area is 157 Å². The molecule has 0 spiro atoms. The lowest BCUT2D eigenvalue weighted by Gasteiger charge is -2.03. The van der Waals surface area contributed by atoms with Gasteiger partial charge in [0.15, 0.2) is 10.6 Å². The molecule has 4 rings (SSSR count). The first-order valence-electron chi connectivity index (χ1n) is 8.07. The van der Waals surface area contributed by atoms with Gasteiger partial charge in [0, 0.05) is 11.6 Å². The molecule has 0 fully saturated rings. The van der Waals surface area contributed by atoms with Crippen molar-refractivity contribution in [2.24, 2.45) is 4.99 Å². The lowest BCUT2D eigenvalue weighted by molar-refractivity contribution is 0.0999. The number of carbonyl (C=O) groups excluding carboxylic acids is 1. The summed E-state index contributed by atoms with van der Waals surface area (Å²) in [6, 6.07) is 14.8. The van der Waals surface area contributed by atoms with Crippen molar-refractivity contribution in [1.29, 1.82) is 0 Å². The van der Waals surface area contributed by atoms with Crippen LogP contribution in [0.3, 0.4) is 0 Å². The number of terminal acetylenes is 1. The van der Waals surface area contributed by atoms with E-state index in [1.165, 1.54) is 10.6 Å². The molecule has 1 heterocycles. The average molecular weight is 378 g/mol. The van der Waals surface area contributed by atoms with E-state index in [9.17, 15) is 13.6 Å². The third-order valence-corrected chi connectivity index (χ3v) is 5.19. The summed E-state index contributed by atoms with van der Waals surface area (Å²) < 4.78 is 29.6. The number of aromatic nitrogens is 1. The molecule has 0 bridgehead atoms. The maximum Gasteiger partial charge on any atom is 0.280 e. The summed E-state index contributed by atoms with van der Waals surface area (Å²) in [4.78, 5) is 17.2. The van der Waals surface area contributed by atoms with Crippen molar-refractivity contribution in [1.82, 2.24) is 4.57 Å². The monoisotopic (exact) mass is 378 g/mol. The molecule has 0 aliphatic carbocycles. The Morgan fingerprint density at radius 2 is 1.93 bits per heavy atom. The number of fused-ring (bicyclic) bond motifs is 2. The van der Waals surface area contributed by atoms with Crippen LogP contribution in [0.2, 0.25) is 0 Å². The van der Waals surface area contributed by atoms with E-state index in [1.807, 2.05) is 30.3 Å². The fourth-order valence-corrected chi connectivity index (χ4v) is 4.08. The fraction of sp³-hybridized carbons (Fsp3) is 0.0476. The SMILES string of the molecule is C#CCn1c(=NC(=O)c2cccc3ccccc23)sc2cc(F)cc(F)c21. The van der Waals surface area contributed by atoms with Crippen molar-refractivity contribution in [2.75, 3.05) is 0 Å². The molecule has 0 atom stereocenters. The van der Waals surface area contributed by atoms with Gasteiger partial charge in [-0.25, -0.2) is 8.78 Å². The van der Waals surface area contributed by atoms with Crippen LogP contribution in [-0.2, 0) is 6.54 Å². The molecule has 0 N–H and O–H groups in total. The zero-order chi connectivity index (χ0) is 19.0. The van der Waals surface area contributed by atoms with E-state index in [-0.39, 0.29) is 16.9 Å². The first-order valence-corrected chi connectivity index (χ1v) is 8.89. The molecular weight excluding hydrogens is 366 g/mol. The van der Waals surface area contributed by atoms with Crippen LogP contribution in [0.15, 0.2) is 59.6 Å². The smallest absolute Gasteiger partial charge is 0.280 e. The number of carbonyl (C=O) groups is 1. The van der Waals surface area contributed by atoms with Gasteiger partial charge in [0.05, 0.1) is 16.8 Å². The Hall–Kier alpha value is -3.30. The van der Waals surface area contributed by atoms with E-state index < -0.39 is 17.5 Å². The predicted molar refractivity (Wildman–Crippen MR) is 102 cm³/mol. The molecule has 0 saturated carbocycles.